The molecule has 0 saturated heterocycles. The van der Waals surface area contributed by atoms with Crippen molar-refractivity contribution in [2.75, 3.05) is 19.5 Å². The minimum absolute atomic E-state index is 0.212. The van der Waals surface area contributed by atoms with E-state index in [2.05, 4.69) is 20.4 Å². The van der Waals surface area contributed by atoms with Crippen LogP contribution >= 0.6 is 0 Å². The van der Waals surface area contributed by atoms with Crippen molar-refractivity contribution in [3.8, 4) is 0 Å². The molecule has 0 aliphatic rings. The number of carbonyl (C=O) groups excluding carboxylic acids is 2. The van der Waals surface area contributed by atoms with Crippen LogP contribution in [0.1, 0.15) is 20.7 Å². The Hall–Kier alpha value is -3.49. The van der Waals surface area contributed by atoms with E-state index in [1.165, 1.54) is 26.6 Å². The molecule has 0 fully saturated rings. The number of nitrogens with zero attached hydrogens (tertiary/aromatic N) is 4. The Bertz CT molecular complexity index is 932. The number of benzene rings is 1. The van der Waals surface area contributed by atoms with E-state index in [0.29, 0.717) is 22.5 Å². The first-order valence-corrected chi connectivity index (χ1v) is 7.25. The molecule has 0 bridgehead atoms. The molecule has 0 unspecified atom stereocenters. The van der Waals surface area contributed by atoms with Gasteiger partial charge < -0.3 is 14.8 Å². The van der Waals surface area contributed by atoms with Crippen LogP contribution in [0.25, 0.3) is 11.0 Å². The lowest BCUT2D eigenvalue weighted by molar-refractivity contribution is 0.0599. The second-order valence-corrected chi connectivity index (χ2v) is 5.13. The number of aromatic nitrogens is 4. The first-order valence-electron chi connectivity index (χ1n) is 7.25. The number of anilines is 2. The highest BCUT2D eigenvalue weighted by Crippen LogP contribution is 2.24. The largest absolute Gasteiger partial charge is 0.465 e. The third-order valence-corrected chi connectivity index (χ3v) is 3.57. The van der Waals surface area contributed by atoms with Crippen molar-refractivity contribution >= 4 is 34.5 Å². The summed E-state index contributed by atoms with van der Waals surface area (Å²) in [4.78, 5) is 32.1. The Morgan fingerprint density at radius 3 is 2.28 bits per heavy atom. The summed E-state index contributed by atoms with van der Waals surface area (Å²) in [7, 11) is 4.31. The average Bonchev–Trinajstić information content (AvgIpc) is 3.02. The molecule has 9 nitrogen and oxygen atoms in total. The minimum Gasteiger partial charge on any atom is -0.465 e. The third-order valence-electron chi connectivity index (χ3n) is 3.57. The van der Waals surface area contributed by atoms with Gasteiger partial charge in [-0.3, -0.25) is 4.68 Å². The quantitative estimate of drug-likeness (QED) is 0.714. The number of carbonyl (C=O) groups is 2. The van der Waals surface area contributed by atoms with E-state index in [4.69, 9.17) is 9.47 Å². The van der Waals surface area contributed by atoms with Gasteiger partial charge in [-0.05, 0) is 18.2 Å². The lowest BCUT2D eigenvalue weighted by Gasteiger charge is -2.10. The zero-order valence-corrected chi connectivity index (χ0v) is 13.8. The smallest absolute Gasteiger partial charge is 0.337 e. The summed E-state index contributed by atoms with van der Waals surface area (Å²) in [5.41, 5.74) is 1.55. The van der Waals surface area contributed by atoms with Gasteiger partial charge >= 0.3 is 11.9 Å². The van der Waals surface area contributed by atoms with Crippen molar-refractivity contribution in [3.05, 3.63) is 41.9 Å². The van der Waals surface area contributed by atoms with Crippen LogP contribution in [-0.4, -0.2) is 45.9 Å². The molecule has 0 saturated carbocycles. The summed E-state index contributed by atoms with van der Waals surface area (Å²) in [6, 6.07) is 4.52. The van der Waals surface area contributed by atoms with Crippen LogP contribution in [0.15, 0.2) is 30.7 Å². The zero-order chi connectivity index (χ0) is 18.0. The fraction of sp³-hybridized carbons (Fsp3) is 0.188. The maximum Gasteiger partial charge on any atom is 0.337 e. The second kappa shape index (κ2) is 6.56. The maximum atomic E-state index is 11.9. The van der Waals surface area contributed by atoms with Crippen LogP contribution in [-0.2, 0) is 16.5 Å². The van der Waals surface area contributed by atoms with E-state index in [9.17, 15) is 9.59 Å². The highest BCUT2D eigenvalue weighted by molar-refractivity contribution is 5.98. The van der Waals surface area contributed by atoms with Gasteiger partial charge in [-0.25, -0.2) is 19.6 Å². The number of hydrogen-bond acceptors (Lipinski definition) is 8. The second-order valence-electron chi connectivity index (χ2n) is 5.13. The number of hydrogen-bond donors (Lipinski definition) is 1. The first-order chi connectivity index (χ1) is 12.0. The van der Waals surface area contributed by atoms with E-state index < -0.39 is 11.9 Å². The maximum absolute atomic E-state index is 11.9. The van der Waals surface area contributed by atoms with Crippen molar-refractivity contribution in [1.82, 2.24) is 19.7 Å². The van der Waals surface area contributed by atoms with Gasteiger partial charge in [-0.1, -0.05) is 0 Å². The normalized spacial score (nSPS) is 10.5. The van der Waals surface area contributed by atoms with Gasteiger partial charge in [0.2, 0.25) is 0 Å². The lowest BCUT2D eigenvalue weighted by atomic mass is 10.1. The highest BCUT2D eigenvalue weighted by Gasteiger charge is 2.15. The summed E-state index contributed by atoms with van der Waals surface area (Å²) in [5.74, 6) is -0.637. The number of fused-ring (bicyclic) bond motifs is 1. The number of ether oxygens (including phenoxy) is 2. The van der Waals surface area contributed by atoms with Crippen molar-refractivity contribution in [2.24, 2.45) is 7.05 Å². The van der Waals surface area contributed by atoms with Crippen molar-refractivity contribution in [2.45, 2.75) is 0 Å². The van der Waals surface area contributed by atoms with Gasteiger partial charge in [0.05, 0.1) is 36.9 Å². The summed E-state index contributed by atoms with van der Waals surface area (Å²) >= 11 is 0. The van der Waals surface area contributed by atoms with Crippen molar-refractivity contribution in [1.29, 1.82) is 0 Å². The van der Waals surface area contributed by atoms with Gasteiger partial charge in [0.25, 0.3) is 0 Å². The Labute approximate surface area is 142 Å². The van der Waals surface area contributed by atoms with Gasteiger partial charge in [0.1, 0.15) is 12.1 Å². The molecule has 9 heteroatoms. The Balaban J connectivity index is 2.06. The van der Waals surface area contributed by atoms with E-state index in [0.717, 1.165) is 0 Å². The van der Waals surface area contributed by atoms with E-state index >= 15 is 0 Å². The molecule has 1 aromatic carbocycles. The van der Waals surface area contributed by atoms with Crippen LogP contribution in [0.4, 0.5) is 11.5 Å². The molecule has 0 amide bonds. The van der Waals surface area contributed by atoms with Gasteiger partial charge in [-0.2, -0.15) is 5.10 Å². The monoisotopic (exact) mass is 341 g/mol. The molecule has 25 heavy (non-hydrogen) atoms. The molecule has 0 radical (unpaired) electrons. The summed E-state index contributed by atoms with van der Waals surface area (Å²) < 4.78 is 11.1. The van der Waals surface area contributed by atoms with Crippen molar-refractivity contribution < 1.29 is 19.1 Å². The van der Waals surface area contributed by atoms with Crippen LogP contribution in [0.5, 0.6) is 0 Å². The average molecular weight is 341 g/mol. The Kier molecular flexibility index (Phi) is 4.29. The minimum atomic E-state index is -0.567. The number of esters is 2. The molecular formula is C16H15N5O4. The SMILES string of the molecule is COC(=O)c1cc(Nc2ncnc3c2cnn3C)cc(C(=O)OC)c1. The van der Waals surface area contributed by atoms with Gasteiger partial charge in [0.15, 0.2) is 5.65 Å². The molecule has 2 heterocycles. The summed E-state index contributed by atoms with van der Waals surface area (Å²) in [5, 5.41) is 7.92. The van der Waals surface area contributed by atoms with Crippen molar-refractivity contribution in [3.63, 3.8) is 0 Å². The lowest BCUT2D eigenvalue weighted by Crippen LogP contribution is -2.08. The van der Waals surface area contributed by atoms with E-state index in [1.54, 1.807) is 30.1 Å². The van der Waals surface area contributed by atoms with Crippen LogP contribution in [0.2, 0.25) is 0 Å². The molecule has 0 spiro atoms. The topological polar surface area (TPSA) is 108 Å². The highest BCUT2D eigenvalue weighted by atomic mass is 16.5. The fourth-order valence-corrected chi connectivity index (χ4v) is 2.37. The molecular weight excluding hydrogens is 326 g/mol. The standard InChI is InChI=1S/C16H15N5O4/c1-21-14-12(7-19-21)13(17-8-18-14)20-11-5-9(15(22)24-2)4-10(6-11)16(23)25-3/h4-8H,1-3H3,(H,17,18,20). The van der Waals surface area contributed by atoms with Gasteiger partial charge in [0, 0.05) is 12.7 Å². The molecule has 3 rings (SSSR count). The predicted octanol–water partition coefficient (Wildman–Crippen LogP) is 1.68. The van der Waals surface area contributed by atoms with E-state index in [-0.39, 0.29) is 11.1 Å². The Morgan fingerprint density at radius 2 is 1.68 bits per heavy atom. The molecule has 3 aromatic rings. The van der Waals surface area contributed by atoms with Crippen LogP contribution in [0.3, 0.4) is 0 Å². The van der Waals surface area contributed by atoms with Crippen LogP contribution < -0.4 is 5.32 Å². The molecule has 0 aliphatic carbocycles. The third kappa shape index (κ3) is 3.11. The molecule has 0 aliphatic heterocycles. The number of nitrogens with one attached hydrogen (secondary N) is 1. The zero-order valence-electron chi connectivity index (χ0n) is 13.8. The first kappa shape index (κ1) is 16.4. The molecule has 128 valence electrons. The number of methoxy groups -OCH3 is 2. The Morgan fingerprint density at radius 1 is 1.04 bits per heavy atom. The fourth-order valence-electron chi connectivity index (χ4n) is 2.37. The summed E-state index contributed by atoms with van der Waals surface area (Å²) in [6.07, 6.45) is 3.03. The van der Waals surface area contributed by atoms with Gasteiger partial charge in [-0.15, -0.1) is 0 Å². The van der Waals surface area contributed by atoms with Crippen LogP contribution in [0, 0.1) is 0 Å². The molecule has 2 aromatic heterocycles. The number of aryl methyl sites for hydroxylation is 1. The molecule has 1 N–H and O–H groups in total. The summed E-state index contributed by atoms with van der Waals surface area (Å²) in [6.45, 7) is 0. The molecule has 0 atom stereocenters. The van der Waals surface area contributed by atoms with E-state index in [1.807, 2.05) is 0 Å². The predicted molar refractivity (Wildman–Crippen MR) is 88.7 cm³/mol. The number of rotatable bonds is 4.